The van der Waals surface area contributed by atoms with Gasteiger partial charge < -0.3 is 19.3 Å². The summed E-state index contributed by atoms with van der Waals surface area (Å²) in [7, 11) is 3.24. The number of para-hydroxylation sites is 1. The van der Waals surface area contributed by atoms with Crippen LogP contribution in [-0.2, 0) is 11.3 Å². The highest BCUT2D eigenvalue weighted by molar-refractivity contribution is 5.95. The topological polar surface area (TPSA) is 85.2 Å². The standard InChI is InChI=1S/C20H23N3O5/c1-21(14-16-5-3-4-6-19(16)27-2)20(24)15-7-8-17(18(13-15)23(25)26)22-9-11-28-12-10-22/h3-8,13H,9-12,14H2,1-2H3. The lowest BCUT2D eigenvalue weighted by Gasteiger charge is -2.28. The predicted octanol–water partition coefficient (Wildman–Crippen LogP) is 2.71. The Morgan fingerprint density at radius 3 is 2.64 bits per heavy atom. The van der Waals surface area contributed by atoms with Crippen molar-refractivity contribution < 1.29 is 19.2 Å². The van der Waals surface area contributed by atoms with Crippen molar-refractivity contribution >= 4 is 17.3 Å². The second-order valence-corrected chi connectivity index (χ2v) is 6.53. The second-order valence-electron chi connectivity index (χ2n) is 6.53. The molecule has 0 radical (unpaired) electrons. The van der Waals surface area contributed by atoms with Crippen molar-refractivity contribution in [3.63, 3.8) is 0 Å². The fourth-order valence-corrected chi connectivity index (χ4v) is 3.26. The third-order valence-corrected chi connectivity index (χ3v) is 4.72. The Hall–Kier alpha value is -3.13. The van der Waals surface area contributed by atoms with E-state index in [4.69, 9.17) is 9.47 Å². The van der Waals surface area contributed by atoms with Gasteiger partial charge >= 0.3 is 0 Å². The molecule has 2 aromatic rings. The number of nitro benzene ring substituents is 1. The van der Waals surface area contributed by atoms with E-state index in [1.165, 1.54) is 11.0 Å². The van der Waals surface area contributed by atoms with Crippen LogP contribution in [0.15, 0.2) is 42.5 Å². The zero-order valence-corrected chi connectivity index (χ0v) is 16.0. The quantitative estimate of drug-likeness (QED) is 0.561. The molecule has 1 heterocycles. The van der Waals surface area contributed by atoms with Gasteiger partial charge in [0, 0.05) is 43.9 Å². The van der Waals surface area contributed by atoms with Crippen LogP contribution < -0.4 is 9.64 Å². The molecule has 28 heavy (non-hydrogen) atoms. The molecule has 1 saturated heterocycles. The van der Waals surface area contributed by atoms with Crippen molar-refractivity contribution in [3.8, 4) is 5.75 Å². The lowest BCUT2D eigenvalue weighted by atomic mass is 10.1. The Balaban J connectivity index is 1.82. The summed E-state index contributed by atoms with van der Waals surface area (Å²) in [5.41, 5.74) is 1.58. The molecular weight excluding hydrogens is 362 g/mol. The molecule has 0 aromatic heterocycles. The van der Waals surface area contributed by atoms with E-state index in [1.807, 2.05) is 29.2 Å². The van der Waals surface area contributed by atoms with Crippen LogP contribution >= 0.6 is 0 Å². The summed E-state index contributed by atoms with van der Waals surface area (Å²) < 4.78 is 10.6. The first-order valence-electron chi connectivity index (χ1n) is 8.99. The highest BCUT2D eigenvalue weighted by atomic mass is 16.6. The van der Waals surface area contributed by atoms with Gasteiger partial charge in [-0.3, -0.25) is 14.9 Å². The number of morpholine rings is 1. The summed E-state index contributed by atoms with van der Waals surface area (Å²) in [5.74, 6) is 0.401. The maximum atomic E-state index is 12.8. The van der Waals surface area contributed by atoms with Gasteiger partial charge in [0.2, 0.25) is 0 Å². The van der Waals surface area contributed by atoms with Gasteiger partial charge in [0.1, 0.15) is 11.4 Å². The average Bonchev–Trinajstić information content (AvgIpc) is 2.73. The molecule has 1 fully saturated rings. The number of carbonyl (C=O) groups excluding carboxylic acids is 1. The van der Waals surface area contributed by atoms with Crippen molar-refractivity contribution in [1.82, 2.24) is 4.90 Å². The van der Waals surface area contributed by atoms with Crippen molar-refractivity contribution in [1.29, 1.82) is 0 Å². The first-order valence-corrected chi connectivity index (χ1v) is 8.99. The molecule has 0 aliphatic carbocycles. The SMILES string of the molecule is COc1ccccc1CN(C)C(=O)c1ccc(N2CCOCC2)c([N+](=O)[O-])c1. The van der Waals surface area contributed by atoms with Gasteiger partial charge in [0.05, 0.1) is 25.2 Å². The molecular formula is C20H23N3O5. The highest BCUT2D eigenvalue weighted by Crippen LogP contribution is 2.30. The predicted molar refractivity (Wildman–Crippen MR) is 105 cm³/mol. The number of hydrogen-bond donors (Lipinski definition) is 0. The zero-order chi connectivity index (χ0) is 20.1. The summed E-state index contributed by atoms with van der Waals surface area (Å²) in [5, 5.41) is 11.6. The number of anilines is 1. The number of benzene rings is 2. The third kappa shape index (κ3) is 4.23. The number of nitrogens with zero attached hydrogens (tertiary/aromatic N) is 3. The number of amides is 1. The van der Waals surface area contributed by atoms with Crippen LogP contribution in [0.1, 0.15) is 15.9 Å². The Morgan fingerprint density at radius 1 is 1.25 bits per heavy atom. The van der Waals surface area contributed by atoms with Gasteiger partial charge in [-0.2, -0.15) is 0 Å². The third-order valence-electron chi connectivity index (χ3n) is 4.72. The monoisotopic (exact) mass is 385 g/mol. The molecule has 0 unspecified atom stereocenters. The maximum absolute atomic E-state index is 12.8. The number of methoxy groups -OCH3 is 1. The summed E-state index contributed by atoms with van der Waals surface area (Å²) in [6, 6.07) is 12.1. The van der Waals surface area contributed by atoms with E-state index in [0.29, 0.717) is 44.3 Å². The molecule has 2 aromatic carbocycles. The molecule has 1 amide bonds. The van der Waals surface area contributed by atoms with Crippen LogP contribution in [0.5, 0.6) is 5.75 Å². The van der Waals surface area contributed by atoms with Crippen LogP contribution in [0.2, 0.25) is 0 Å². The highest BCUT2D eigenvalue weighted by Gasteiger charge is 2.24. The molecule has 0 N–H and O–H groups in total. The van der Waals surface area contributed by atoms with Gasteiger partial charge in [0.25, 0.3) is 11.6 Å². The molecule has 0 bridgehead atoms. The molecule has 1 aliphatic rings. The molecule has 1 aliphatic heterocycles. The first-order chi connectivity index (χ1) is 13.5. The van der Waals surface area contributed by atoms with E-state index in [1.54, 1.807) is 26.3 Å². The minimum atomic E-state index is -0.443. The van der Waals surface area contributed by atoms with E-state index in [2.05, 4.69) is 0 Å². The molecule has 8 nitrogen and oxygen atoms in total. The van der Waals surface area contributed by atoms with Gasteiger partial charge in [-0.15, -0.1) is 0 Å². The first kappa shape index (κ1) is 19.6. The van der Waals surface area contributed by atoms with E-state index < -0.39 is 4.92 Å². The molecule has 148 valence electrons. The number of rotatable bonds is 6. The number of nitro groups is 1. The van der Waals surface area contributed by atoms with Crippen LogP contribution in [0.25, 0.3) is 0 Å². The van der Waals surface area contributed by atoms with Crippen molar-refractivity contribution in [2.24, 2.45) is 0 Å². The van der Waals surface area contributed by atoms with Gasteiger partial charge in [-0.05, 0) is 18.2 Å². The van der Waals surface area contributed by atoms with E-state index in [9.17, 15) is 14.9 Å². The summed E-state index contributed by atoms with van der Waals surface area (Å²) >= 11 is 0. The van der Waals surface area contributed by atoms with Crippen LogP contribution in [0.3, 0.4) is 0 Å². The lowest BCUT2D eigenvalue weighted by Crippen LogP contribution is -2.36. The van der Waals surface area contributed by atoms with Gasteiger partial charge in [0.15, 0.2) is 0 Å². The van der Waals surface area contributed by atoms with E-state index >= 15 is 0 Å². The van der Waals surface area contributed by atoms with Crippen molar-refractivity contribution in [3.05, 3.63) is 63.7 Å². The molecule has 0 saturated carbocycles. The normalized spacial score (nSPS) is 13.9. The zero-order valence-electron chi connectivity index (χ0n) is 16.0. The van der Waals surface area contributed by atoms with Crippen LogP contribution in [0, 0.1) is 10.1 Å². The van der Waals surface area contributed by atoms with Crippen molar-refractivity contribution in [2.75, 3.05) is 45.4 Å². The lowest BCUT2D eigenvalue weighted by molar-refractivity contribution is -0.384. The number of ether oxygens (including phenoxy) is 2. The smallest absolute Gasteiger partial charge is 0.293 e. The summed E-state index contributed by atoms with van der Waals surface area (Å²) in [4.78, 5) is 27.4. The average molecular weight is 385 g/mol. The molecule has 8 heteroatoms. The Labute approximate surface area is 163 Å². The Kier molecular flexibility index (Phi) is 6.10. The number of hydrogen-bond acceptors (Lipinski definition) is 6. The minimum absolute atomic E-state index is 0.0709. The second kappa shape index (κ2) is 8.71. The van der Waals surface area contributed by atoms with Crippen molar-refractivity contribution in [2.45, 2.75) is 6.54 Å². The fraction of sp³-hybridized carbons (Fsp3) is 0.350. The largest absolute Gasteiger partial charge is 0.496 e. The van der Waals surface area contributed by atoms with E-state index in [0.717, 1.165) is 5.56 Å². The summed E-state index contributed by atoms with van der Waals surface area (Å²) in [6.07, 6.45) is 0. The Morgan fingerprint density at radius 2 is 1.96 bits per heavy atom. The number of carbonyl (C=O) groups is 1. The van der Waals surface area contributed by atoms with Gasteiger partial charge in [-0.25, -0.2) is 0 Å². The van der Waals surface area contributed by atoms with E-state index in [-0.39, 0.29) is 17.2 Å². The summed E-state index contributed by atoms with van der Waals surface area (Å²) in [6.45, 7) is 2.56. The van der Waals surface area contributed by atoms with Crippen LogP contribution in [0.4, 0.5) is 11.4 Å². The Bertz CT molecular complexity index is 865. The minimum Gasteiger partial charge on any atom is -0.496 e. The molecule has 0 atom stereocenters. The molecule has 3 rings (SSSR count). The van der Waals surface area contributed by atoms with Gasteiger partial charge in [-0.1, -0.05) is 18.2 Å². The maximum Gasteiger partial charge on any atom is 0.293 e. The molecule has 0 spiro atoms. The van der Waals surface area contributed by atoms with Crippen LogP contribution in [-0.4, -0.2) is 56.2 Å². The fourth-order valence-electron chi connectivity index (χ4n) is 3.26.